The predicted octanol–water partition coefficient (Wildman–Crippen LogP) is 4.34. The highest BCUT2D eigenvalue weighted by Gasteiger charge is 2.50. The highest BCUT2D eigenvalue weighted by Crippen LogP contribution is 2.39. The number of carboxylic acid groups (broad SMARTS) is 1. The van der Waals surface area contributed by atoms with E-state index in [0.29, 0.717) is 12.8 Å². The number of aliphatic carboxylic acids is 1. The van der Waals surface area contributed by atoms with E-state index in [4.69, 9.17) is 20.1 Å². The van der Waals surface area contributed by atoms with Crippen molar-refractivity contribution in [2.75, 3.05) is 19.9 Å². The summed E-state index contributed by atoms with van der Waals surface area (Å²) in [5.74, 6) is -1.39. The molecule has 0 bridgehead atoms. The molecule has 3 aliphatic carbocycles. The smallest absolute Gasteiger partial charge is 0.324 e. The topological polar surface area (TPSA) is 185 Å². The first-order valence-electron chi connectivity index (χ1n) is 14.1. The molecule has 6 N–H and O–H groups in total. The van der Waals surface area contributed by atoms with Crippen molar-refractivity contribution in [1.82, 2.24) is 10.6 Å². The molecule has 4 rings (SSSR count). The van der Waals surface area contributed by atoms with Gasteiger partial charge in [-0.05, 0) is 71.4 Å². The van der Waals surface area contributed by atoms with Gasteiger partial charge < -0.3 is 26.6 Å². The quantitative estimate of drug-likeness (QED) is 0.240. The number of alkyl halides is 1. The number of halogens is 1. The fourth-order valence-electron chi connectivity index (χ4n) is 5.36. The molecule has 1 aromatic carbocycles. The summed E-state index contributed by atoms with van der Waals surface area (Å²) >= 11 is 0. The molecule has 0 saturated heterocycles. The van der Waals surface area contributed by atoms with E-state index in [-0.39, 0.29) is 75.1 Å². The Morgan fingerprint density at radius 1 is 0.911 bits per heavy atom. The van der Waals surface area contributed by atoms with E-state index in [2.05, 4.69) is 10.6 Å². The molecule has 0 radical (unpaired) electrons. The second kappa shape index (κ2) is 17.9. The van der Waals surface area contributed by atoms with Crippen LogP contribution >= 0.6 is 0 Å². The number of aryl methyl sites for hydroxylation is 1. The maximum absolute atomic E-state index is 12.1. The first kappa shape index (κ1) is 44.5. The van der Waals surface area contributed by atoms with E-state index in [9.17, 15) is 27.2 Å². The molecule has 3 saturated carbocycles. The molecule has 6 atom stereocenters. The van der Waals surface area contributed by atoms with Crippen LogP contribution in [0.2, 0.25) is 0 Å². The van der Waals surface area contributed by atoms with Crippen molar-refractivity contribution < 1.29 is 41.6 Å². The van der Waals surface area contributed by atoms with Gasteiger partial charge in [0.15, 0.2) is 0 Å². The number of carbonyl (C=O) groups excluding carboxylic acids is 2. The molecular formula is C32H58FN3O8S. The molecule has 0 aromatic heterocycles. The van der Waals surface area contributed by atoms with E-state index < -0.39 is 34.2 Å². The number of amides is 2. The fraction of sp³-hybridized carbons (Fsp3) is 0.719. The third kappa shape index (κ3) is 11.3. The second-order valence-electron chi connectivity index (χ2n) is 12.1. The molecule has 2 amide bonds. The first-order chi connectivity index (χ1) is 19.4. The van der Waals surface area contributed by atoms with Gasteiger partial charge in [0.25, 0.3) is 10.1 Å². The highest BCUT2D eigenvalue weighted by molar-refractivity contribution is 7.86. The minimum Gasteiger partial charge on any atom is -0.480 e. The summed E-state index contributed by atoms with van der Waals surface area (Å²) in [4.78, 5) is 32.4. The number of nitrogens with two attached hydrogens (primary N) is 1. The van der Waals surface area contributed by atoms with Crippen LogP contribution in [-0.4, -0.2) is 72.9 Å². The zero-order valence-electron chi connectivity index (χ0n) is 25.1. The Balaban J connectivity index is 0. The normalized spacial score (nSPS) is 29.2. The molecule has 262 valence electrons. The van der Waals surface area contributed by atoms with E-state index in [1.54, 1.807) is 24.3 Å². The summed E-state index contributed by atoms with van der Waals surface area (Å²) in [6, 6.07) is 6.55. The lowest BCUT2D eigenvalue weighted by molar-refractivity contribution is -0.151. The van der Waals surface area contributed by atoms with Crippen LogP contribution in [0, 0.1) is 24.7 Å². The second-order valence-corrected chi connectivity index (χ2v) is 13.8. The predicted molar refractivity (Wildman–Crippen MR) is 175 cm³/mol. The maximum atomic E-state index is 12.1. The lowest BCUT2D eigenvalue weighted by atomic mass is 9.68. The monoisotopic (exact) mass is 662 g/mol. The van der Waals surface area contributed by atoms with E-state index in [1.165, 1.54) is 13.8 Å². The largest absolute Gasteiger partial charge is 0.480 e. The molecule has 0 spiro atoms. The van der Waals surface area contributed by atoms with Gasteiger partial charge in [-0.3, -0.25) is 23.0 Å². The Kier molecular flexibility index (Phi) is 17.7. The van der Waals surface area contributed by atoms with Crippen molar-refractivity contribution in [2.45, 2.75) is 117 Å². The molecule has 3 fully saturated rings. The van der Waals surface area contributed by atoms with E-state index in [0.717, 1.165) is 31.2 Å². The Morgan fingerprint density at radius 2 is 1.36 bits per heavy atom. The van der Waals surface area contributed by atoms with Crippen molar-refractivity contribution in [2.24, 2.45) is 23.5 Å². The van der Waals surface area contributed by atoms with Crippen LogP contribution < -0.4 is 16.4 Å². The molecule has 45 heavy (non-hydrogen) atoms. The standard InChI is InChI=1S/C15H21NO4S.C8H15NO2.C6H10FNO2.3CH4/c1-11-4-6-14(7-5-11)21(18,19)20-10-13-8-9-15(13,3)16-12(2)17;1-6(11)9-8(2)4-3-7(8)5-10;7-3-4-1-2-6(4,8)5(9)10;;;/h4-7,13H,8-10H2,1-3H3,(H,16,17);7,10H,3-5H2,1-2H3,(H,9,11);4H,1-3,8H2,(H,9,10);3*1H4/t13?,15-;7?,8-;4?,6-;;;/m000.../s1/i;;7-1;;;. The number of benzene rings is 1. The lowest BCUT2D eigenvalue weighted by Gasteiger charge is -2.47. The van der Waals surface area contributed by atoms with Gasteiger partial charge in [0, 0.05) is 49.3 Å². The number of carboxylic acids is 1. The number of hydrogen-bond donors (Lipinski definition) is 5. The maximum Gasteiger partial charge on any atom is 0.324 e. The van der Waals surface area contributed by atoms with Gasteiger partial charge in [0.1, 0.15) is 5.54 Å². The van der Waals surface area contributed by atoms with Gasteiger partial charge >= 0.3 is 5.97 Å². The SMILES string of the molecule is C.C.C.CC(=O)N[C@@]1(C)CCC1CO.CC(=O)N[C@@]1(C)CCC1COS(=O)(=O)c1ccc(C)cc1.N[C@@]1(C(=O)O)CCC1C[18F]. The van der Waals surface area contributed by atoms with Gasteiger partial charge in [0.05, 0.1) is 18.2 Å². The molecule has 0 aliphatic heterocycles. The molecule has 11 nitrogen and oxygen atoms in total. The third-order valence-corrected chi connectivity index (χ3v) is 10.2. The third-order valence-electron chi connectivity index (χ3n) is 8.92. The van der Waals surface area contributed by atoms with Crippen molar-refractivity contribution in [3.05, 3.63) is 29.8 Å². The molecule has 13 heteroatoms. The zero-order chi connectivity index (χ0) is 31.9. The number of aliphatic hydroxyl groups is 1. The average Bonchev–Trinajstić information content (AvgIpc) is 2.87. The summed E-state index contributed by atoms with van der Waals surface area (Å²) in [5.41, 5.74) is 4.58. The average molecular weight is 663 g/mol. The molecule has 3 aliphatic rings. The number of nitrogens with one attached hydrogen (secondary N) is 2. The van der Waals surface area contributed by atoms with Gasteiger partial charge in [-0.25, -0.2) is 0 Å². The van der Waals surface area contributed by atoms with Crippen LogP contribution in [0.3, 0.4) is 0 Å². The zero-order valence-corrected chi connectivity index (χ0v) is 25.9. The summed E-state index contributed by atoms with van der Waals surface area (Å²) in [6.07, 6.45) is 4.69. The summed E-state index contributed by atoms with van der Waals surface area (Å²) in [6.45, 7) is 8.42. The number of carbonyl (C=O) groups is 3. The molecular weight excluding hydrogens is 604 g/mol. The Hall–Kier alpha value is -2.61. The van der Waals surface area contributed by atoms with Crippen molar-refractivity contribution >= 4 is 27.9 Å². The Labute approximate surface area is 270 Å². The van der Waals surface area contributed by atoms with Crippen molar-refractivity contribution in [3.8, 4) is 0 Å². The van der Waals surface area contributed by atoms with Crippen LogP contribution in [0.5, 0.6) is 0 Å². The summed E-state index contributed by atoms with van der Waals surface area (Å²) in [5, 5.41) is 23.1. The van der Waals surface area contributed by atoms with Crippen LogP contribution in [0.1, 0.15) is 94.1 Å². The molecule has 0 heterocycles. The summed E-state index contributed by atoms with van der Waals surface area (Å²) < 4.78 is 41.3. The van der Waals surface area contributed by atoms with Gasteiger partial charge in [-0.1, -0.05) is 40.0 Å². The van der Waals surface area contributed by atoms with Crippen LogP contribution in [0.25, 0.3) is 0 Å². The summed E-state index contributed by atoms with van der Waals surface area (Å²) in [7, 11) is -3.74. The van der Waals surface area contributed by atoms with Crippen LogP contribution in [0.4, 0.5) is 4.39 Å². The number of aliphatic hydroxyl groups excluding tert-OH is 1. The van der Waals surface area contributed by atoms with Gasteiger partial charge in [0.2, 0.25) is 11.8 Å². The highest BCUT2D eigenvalue weighted by atomic mass is 32.2. The van der Waals surface area contributed by atoms with Crippen molar-refractivity contribution in [3.63, 3.8) is 0 Å². The van der Waals surface area contributed by atoms with E-state index >= 15 is 0 Å². The molecule has 1 aromatic rings. The Bertz CT molecular complexity index is 1210. The fourth-order valence-corrected chi connectivity index (χ4v) is 6.31. The Morgan fingerprint density at radius 3 is 1.64 bits per heavy atom. The minimum absolute atomic E-state index is 0. The molecule has 3 unspecified atom stereocenters. The van der Waals surface area contributed by atoms with Gasteiger partial charge in [-0.2, -0.15) is 8.42 Å². The van der Waals surface area contributed by atoms with Gasteiger partial charge in [-0.15, -0.1) is 0 Å². The van der Waals surface area contributed by atoms with Crippen LogP contribution in [-0.2, 0) is 28.7 Å². The van der Waals surface area contributed by atoms with Crippen LogP contribution in [0.15, 0.2) is 29.2 Å². The number of rotatable bonds is 9. The minimum atomic E-state index is -3.74. The van der Waals surface area contributed by atoms with E-state index in [1.807, 2.05) is 20.8 Å². The lowest BCUT2D eigenvalue weighted by Crippen LogP contribution is -2.61. The number of hydrogen-bond acceptors (Lipinski definition) is 8. The van der Waals surface area contributed by atoms with Crippen molar-refractivity contribution in [1.29, 1.82) is 0 Å². The first-order valence-corrected chi connectivity index (χ1v) is 15.6.